The zero-order chi connectivity index (χ0) is 18.9. The summed E-state index contributed by atoms with van der Waals surface area (Å²) in [6.45, 7) is 7.26. The quantitative estimate of drug-likeness (QED) is 0.844. The first-order chi connectivity index (χ1) is 12.3. The van der Waals surface area contributed by atoms with Crippen LogP contribution in [0.5, 0.6) is 0 Å². The third-order valence-corrected chi connectivity index (χ3v) is 4.50. The summed E-state index contributed by atoms with van der Waals surface area (Å²) < 4.78 is 1.60. The van der Waals surface area contributed by atoms with Gasteiger partial charge in [0.1, 0.15) is 5.69 Å². The van der Waals surface area contributed by atoms with Crippen LogP contribution >= 0.6 is 0 Å². The summed E-state index contributed by atoms with van der Waals surface area (Å²) in [4.78, 5) is 29.8. The Kier molecular flexibility index (Phi) is 4.80. The van der Waals surface area contributed by atoms with Gasteiger partial charge < -0.3 is 0 Å². The molecule has 0 aliphatic carbocycles. The molecule has 0 aromatic carbocycles. The van der Waals surface area contributed by atoms with Crippen LogP contribution in [-0.4, -0.2) is 49.7 Å². The van der Waals surface area contributed by atoms with Crippen LogP contribution in [-0.2, 0) is 23.7 Å². The van der Waals surface area contributed by atoms with Gasteiger partial charge in [-0.2, -0.15) is 5.10 Å². The molecule has 0 N–H and O–H groups in total. The third kappa shape index (κ3) is 3.61. The molecule has 0 radical (unpaired) electrons. The first-order valence-corrected chi connectivity index (χ1v) is 8.83. The smallest absolute Gasteiger partial charge is 0.273 e. The SMILES string of the molecule is Cn1nc(C(C)(C)C)cc1C(=O)N1CCCN1C(=O)Cc1cccnc1. The molecule has 0 bridgehead atoms. The van der Waals surface area contributed by atoms with E-state index in [0.29, 0.717) is 18.8 Å². The third-order valence-electron chi connectivity index (χ3n) is 4.50. The van der Waals surface area contributed by atoms with Crippen molar-refractivity contribution in [2.24, 2.45) is 7.05 Å². The van der Waals surface area contributed by atoms with Gasteiger partial charge in [0.05, 0.1) is 12.1 Å². The maximum Gasteiger partial charge on any atom is 0.290 e. The van der Waals surface area contributed by atoms with E-state index in [1.54, 1.807) is 40.2 Å². The molecule has 7 heteroatoms. The fourth-order valence-electron chi connectivity index (χ4n) is 3.02. The number of carbonyl (C=O) groups excluding carboxylic acids is 2. The molecule has 2 aromatic rings. The zero-order valence-electron chi connectivity index (χ0n) is 15.8. The Bertz CT molecular complexity index is 807. The van der Waals surface area contributed by atoms with Crippen molar-refractivity contribution in [1.29, 1.82) is 0 Å². The lowest BCUT2D eigenvalue weighted by Gasteiger charge is -2.27. The van der Waals surface area contributed by atoms with Crippen molar-refractivity contribution in [2.45, 2.75) is 39.0 Å². The molecular formula is C19H25N5O2. The molecule has 0 unspecified atom stereocenters. The second-order valence-electron chi connectivity index (χ2n) is 7.63. The molecule has 2 aromatic heterocycles. The zero-order valence-corrected chi connectivity index (χ0v) is 15.8. The van der Waals surface area contributed by atoms with Crippen LogP contribution < -0.4 is 0 Å². The van der Waals surface area contributed by atoms with E-state index >= 15 is 0 Å². The number of hydrazine groups is 1. The highest BCUT2D eigenvalue weighted by Gasteiger charge is 2.33. The molecule has 0 spiro atoms. The van der Waals surface area contributed by atoms with E-state index < -0.39 is 0 Å². The molecule has 1 saturated heterocycles. The van der Waals surface area contributed by atoms with Gasteiger partial charge in [0.25, 0.3) is 5.91 Å². The molecule has 138 valence electrons. The van der Waals surface area contributed by atoms with E-state index in [1.165, 1.54) is 0 Å². The normalized spacial score (nSPS) is 14.8. The van der Waals surface area contributed by atoms with Gasteiger partial charge in [0.2, 0.25) is 5.91 Å². The predicted molar refractivity (Wildman–Crippen MR) is 97.2 cm³/mol. The Labute approximate surface area is 153 Å². The van der Waals surface area contributed by atoms with Gasteiger partial charge in [-0.25, -0.2) is 5.01 Å². The Morgan fingerprint density at radius 1 is 1.19 bits per heavy atom. The lowest BCUT2D eigenvalue weighted by Crippen LogP contribution is -2.46. The Hall–Kier alpha value is -2.70. The first kappa shape index (κ1) is 18.1. The summed E-state index contributed by atoms with van der Waals surface area (Å²) in [6, 6.07) is 5.49. The molecule has 0 saturated carbocycles. The van der Waals surface area contributed by atoms with Gasteiger partial charge in [0.15, 0.2) is 0 Å². The number of pyridine rings is 1. The number of hydrogen-bond donors (Lipinski definition) is 0. The van der Waals surface area contributed by atoms with Gasteiger partial charge in [-0.15, -0.1) is 0 Å². The number of amides is 2. The summed E-state index contributed by atoms with van der Waals surface area (Å²) in [5.41, 5.74) is 2.05. The van der Waals surface area contributed by atoms with Crippen molar-refractivity contribution in [3.05, 3.63) is 47.5 Å². The molecular weight excluding hydrogens is 330 g/mol. The average molecular weight is 355 g/mol. The van der Waals surface area contributed by atoms with Crippen LogP contribution in [0.2, 0.25) is 0 Å². The first-order valence-electron chi connectivity index (χ1n) is 8.83. The van der Waals surface area contributed by atoms with Gasteiger partial charge in [-0.05, 0) is 24.1 Å². The standard InChI is InChI=1S/C19H25N5O2/c1-19(2,3)16-12-15(22(4)21-16)18(26)24-10-6-9-23(24)17(25)11-14-7-5-8-20-13-14/h5,7-8,12-13H,6,9-11H2,1-4H3. The summed E-state index contributed by atoms with van der Waals surface area (Å²) in [6.07, 6.45) is 4.36. The largest absolute Gasteiger partial charge is 0.290 e. The van der Waals surface area contributed by atoms with Crippen LogP contribution in [0.1, 0.15) is 48.9 Å². The molecule has 0 atom stereocenters. The van der Waals surface area contributed by atoms with Crippen molar-refractivity contribution in [3.63, 3.8) is 0 Å². The van der Waals surface area contributed by atoms with Crippen LogP contribution in [0, 0.1) is 0 Å². The molecule has 3 rings (SSSR count). The minimum absolute atomic E-state index is 0.0953. The van der Waals surface area contributed by atoms with E-state index in [1.807, 2.05) is 12.1 Å². The minimum atomic E-state index is -0.187. The Morgan fingerprint density at radius 2 is 1.92 bits per heavy atom. The summed E-state index contributed by atoms with van der Waals surface area (Å²) >= 11 is 0. The van der Waals surface area contributed by atoms with Crippen LogP contribution in [0.3, 0.4) is 0 Å². The summed E-state index contributed by atoms with van der Waals surface area (Å²) in [7, 11) is 1.76. The van der Waals surface area contributed by atoms with Gasteiger partial charge in [0, 0.05) is 37.9 Å². The van der Waals surface area contributed by atoms with Crippen LogP contribution in [0.15, 0.2) is 30.6 Å². The number of nitrogens with zero attached hydrogens (tertiary/aromatic N) is 5. The fraction of sp³-hybridized carbons (Fsp3) is 0.474. The van der Waals surface area contributed by atoms with E-state index in [4.69, 9.17) is 0 Å². The molecule has 1 aliphatic rings. The highest BCUT2D eigenvalue weighted by molar-refractivity contribution is 5.94. The second-order valence-corrected chi connectivity index (χ2v) is 7.63. The Balaban J connectivity index is 1.78. The number of hydrogen-bond acceptors (Lipinski definition) is 4. The number of carbonyl (C=O) groups is 2. The van der Waals surface area contributed by atoms with Gasteiger partial charge in [-0.1, -0.05) is 26.8 Å². The molecule has 2 amide bonds. The molecule has 1 fully saturated rings. The van der Waals surface area contributed by atoms with E-state index in [9.17, 15) is 9.59 Å². The topological polar surface area (TPSA) is 71.3 Å². The molecule has 3 heterocycles. The number of rotatable bonds is 3. The lowest BCUT2D eigenvalue weighted by molar-refractivity contribution is -0.139. The highest BCUT2D eigenvalue weighted by atomic mass is 16.2. The van der Waals surface area contributed by atoms with Crippen LogP contribution in [0.4, 0.5) is 0 Å². The lowest BCUT2D eigenvalue weighted by atomic mass is 9.92. The van der Waals surface area contributed by atoms with Crippen LogP contribution in [0.25, 0.3) is 0 Å². The fourth-order valence-corrected chi connectivity index (χ4v) is 3.02. The Morgan fingerprint density at radius 3 is 2.54 bits per heavy atom. The highest BCUT2D eigenvalue weighted by Crippen LogP contribution is 2.23. The van der Waals surface area contributed by atoms with Crippen molar-refractivity contribution < 1.29 is 9.59 Å². The maximum absolute atomic E-state index is 13.0. The van der Waals surface area contributed by atoms with Gasteiger partial charge in [-0.3, -0.25) is 24.3 Å². The minimum Gasteiger partial charge on any atom is -0.273 e. The van der Waals surface area contributed by atoms with Crippen molar-refractivity contribution in [2.75, 3.05) is 13.1 Å². The van der Waals surface area contributed by atoms with Crippen molar-refractivity contribution >= 4 is 11.8 Å². The second kappa shape index (κ2) is 6.90. The maximum atomic E-state index is 13.0. The van der Waals surface area contributed by atoms with Crippen molar-refractivity contribution in [3.8, 4) is 0 Å². The summed E-state index contributed by atoms with van der Waals surface area (Å²) in [5, 5.41) is 7.57. The van der Waals surface area contributed by atoms with Gasteiger partial charge >= 0.3 is 0 Å². The average Bonchev–Trinajstić information content (AvgIpc) is 3.21. The van der Waals surface area contributed by atoms with E-state index in [2.05, 4.69) is 30.9 Å². The summed E-state index contributed by atoms with van der Waals surface area (Å²) in [5.74, 6) is -0.283. The number of aromatic nitrogens is 3. The number of aryl methyl sites for hydroxylation is 1. The molecule has 26 heavy (non-hydrogen) atoms. The molecule has 7 nitrogen and oxygen atoms in total. The van der Waals surface area contributed by atoms with E-state index in [0.717, 1.165) is 17.7 Å². The molecule has 1 aliphatic heterocycles. The predicted octanol–water partition coefficient (Wildman–Crippen LogP) is 1.94. The van der Waals surface area contributed by atoms with E-state index in [-0.39, 0.29) is 23.7 Å². The van der Waals surface area contributed by atoms with Crippen molar-refractivity contribution in [1.82, 2.24) is 24.8 Å². The monoisotopic (exact) mass is 355 g/mol.